The minimum atomic E-state index is -0.482. The van der Waals surface area contributed by atoms with E-state index < -0.39 is 5.60 Å². The summed E-state index contributed by atoms with van der Waals surface area (Å²) in [5.74, 6) is -0.270. The van der Waals surface area contributed by atoms with Crippen LogP contribution in [0.3, 0.4) is 0 Å². The van der Waals surface area contributed by atoms with Crippen molar-refractivity contribution in [3.63, 3.8) is 0 Å². The van der Waals surface area contributed by atoms with E-state index >= 15 is 0 Å². The molecule has 1 rings (SSSR count). The third-order valence-corrected chi connectivity index (χ3v) is 2.65. The maximum Gasteiger partial charge on any atom is 0.306 e. The Morgan fingerprint density at radius 2 is 2.00 bits per heavy atom. The molecule has 1 aliphatic rings. The fourth-order valence-electron chi connectivity index (χ4n) is 1.88. The molecule has 4 heteroatoms. The zero-order valence-electron chi connectivity index (χ0n) is 11.8. The molecule has 4 nitrogen and oxygen atoms in total. The summed E-state index contributed by atoms with van der Waals surface area (Å²) in [7, 11) is 0. The highest BCUT2D eigenvalue weighted by Gasteiger charge is 2.20. The summed E-state index contributed by atoms with van der Waals surface area (Å²) < 4.78 is 5.18. The van der Waals surface area contributed by atoms with Gasteiger partial charge in [-0.25, -0.2) is 0 Å². The summed E-state index contributed by atoms with van der Waals surface area (Å²) in [6.45, 7) is 8.94. The lowest BCUT2D eigenvalue weighted by Crippen LogP contribution is -2.35. The summed E-state index contributed by atoms with van der Waals surface area (Å²) in [6.07, 6.45) is 3.46. The SMILES string of the molecule is CC1=CCCN(C(=O)CCC(=O)OC(C)(C)C)C1. The van der Waals surface area contributed by atoms with Gasteiger partial charge in [-0.2, -0.15) is 0 Å². The van der Waals surface area contributed by atoms with Gasteiger partial charge in [0.15, 0.2) is 0 Å². The fraction of sp³-hybridized carbons (Fsp3) is 0.714. The molecule has 18 heavy (non-hydrogen) atoms. The Kier molecular flexibility index (Phi) is 4.93. The van der Waals surface area contributed by atoms with Crippen LogP contribution in [0.2, 0.25) is 0 Å². The van der Waals surface area contributed by atoms with Gasteiger partial charge in [-0.3, -0.25) is 9.59 Å². The van der Waals surface area contributed by atoms with E-state index in [4.69, 9.17) is 4.74 Å². The van der Waals surface area contributed by atoms with Gasteiger partial charge in [0, 0.05) is 19.5 Å². The summed E-state index contributed by atoms with van der Waals surface area (Å²) in [6, 6.07) is 0. The zero-order chi connectivity index (χ0) is 13.8. The molecule has 102 valence electrons. The summed E-state index contributed by atoms with van der Waals surface area (Å²) in [4.78, 5) is 25.2. The predicted molar refractivity (Wildman–Crippen MR) is 70.0 cm³/mol. The molecule has 0 bridgehead atoms. The van der Waals surface area contributed by atoms with Crippen molar-refractivity contribution in [1.82, 2.24) is 4.90 Å². The number of nitrogens with zero attached hydrogens (tertiary/aromatic N) is 1. The van der Waals surface area contributed by atoms with Crippen LogP contribution in [0.5, 0.6) is 0 Å². The second-order valence-electron chi connectivity index (χ2n) is 5.74. The molecule has 0 atom stereocenters. The van der Waals surface area contributed by atoms with Crippen molar-refractivity contribution in [2.24, 2.45) is 0 Å². The lowest BCUT2D eigenvalue weighted by Gasteiger charge is -2.26. The molecule has 0 spiro atoms. The lowest BCUT2D eigenvalue weighted by atomic mass is 10.1. The van der Waals surface area contributed by atoms with Gasteiger partial charge in [-0.05, 0) is 34.1 Å². The van der Waals surface area contributed by atoms with Gasteiger partial charge < -0.3 is 9.64 Å². The van der Waals surface area contributed by atoms with Crippen molar-refractivity contribution in [3.8, 4) is 0 Å². The second kappa shape index (κ2) is 6.03. The van der Waals surface area contributed by atoms with Crippen LogP contribution in [0.4, 0.5) is 0 Å². The number of carbonyl (C=O) groups excluding carboxylic acids is 2. The first-order chi connectivity index (χ1) is 8.28. The standard InChI is InChI=1S/C14H23NO3/c1-11-6-5-9-15(10-11)12(16)7-8-13(17)18-14(2,3)4/h6H,5,7-10H2,1-4H3. The van der Waals surface area contributed by atoms with Gasteiger partial charge in [0.05, 0.1) is 6.42 Å². The molecule has 1 heterocycles. The summed E-state index contributed by atoms with van der Waals surface area (Å²) >= 11 is 0. The zero-order valence-corrected chi connectivity index (χ0v) is 11.8. The lowest BCUT2D eigenvalue weighted by molar-refractivity contribution is -0.156. The van der Waals surface area contributed by atoms with E-state index in [0.717, 1.165) is 13.0 Å². The van der Waals surface area contributed by atoms with Gasteiger partial charge in [0.2, 0.25) is 5.91 Å². The number of rotatable bonds is 3. The van der Waals surface area contributed by atoms with E-state index in [1.165, 1.54) is 5.57 Å². The van der Waals surface area contributed by atoms with E-state index in [1.54, 1.807) is 4.90 Å². The Balaban J connectivity index is 2.33. The van der Waals surface area contributed by atoms with Gasteiger partial charge in [-0.15, -0.1) is 0 Å². The maximum absolute atomic E-state index is 11.9. The van der Waals surface area contributed by atoms with E-state index in [0.29, 0.717) is 6.54 Å². The molecule has 1 amide bonds. The van der Waals surface area contributed by atoms with E-state index in [9.17, 15) is 9.59 Å². The van der Waals surface area contributed by atoms with Crippen molar-refractivity contribution in [2.45, 2.75) is 52.6 Å². The monoisotopic (exact) mass is 253 g/mol. The Labute approximate surface area is 109 Å². The predicted octanol–water partition coefficient (Wildman–Crippen LogP) is 2.29. The Bertz CT molecular complexity index is 353. The van der Waals surface area contributed by atoms with Crippen molar-refractivity contribution in [3.05, 3.63) is 11.6 Å². The van der Waals surface area contributed by atoms with Crippen LogP contribution in [-0.4, -0.2) is 35.5 Å². The maximum atomic E-state index is 11.9. The first-order valence-electron chi connectivity index (χ1n) is 6.43. The van der Waals surface area contributed by atoms with E-state index in [1.807, 2.05) is 27.7 Å². The smallest absolute Gasteiger partial charge is 0.306 e. The van der Waals surface area contributed by atoms with Crippen molar-refractivity contribution in [2.75, 3.05) is 13.1 Å². The van der Waals surface area contributed by atoms with Crippen LogP contribution in [0.25, 0.3) is 0 Å². The molecule has 0 fully saturated rings. The van der Waals surface area contributed by atoms with Gasteiger partial charge in [-0.1, -0.05) is 11.6 Å². The van der Waals surface area contributed by atoms with Crippen LogP contribution in [0.1, 0.15) is 47.0 Å². The van der Waals surface area contributed by atoms with Crippen molar-refractivity contribution < 1.29 is 14.3 Å². The molecule has 0 N–H and O–H groups in total. The number of hydrogen-bond acceptors (Lipinski definition) is 3. The molecular formula is C14H23NO3. The second-order valence-corrected chi connectivity index (χ2v) is 5.74. The molecule has 0 aromatic carbocycles. The third-order valence-electron chi connectivity index (χ3n) is 2.65. The Morgan fingerprint density at radius 1 is 1.33 bits per heavy atom. The van der Waals surface area contributed by atoms with Crippen LogP contribution < -0.4 is 0 Å². The van der Waals surface area contributed by atoms with Crippen LogP contribution in [-0.2, 0) is 14.3 Å². The van der Waals surface area contributed by atoms with Gasteiger partial charge in [0.25, 0.3) is 0 Å². The summed E-state index contributed by atoms with van der Waals surface area (Å²) in [5.41, 5.74) is 0.733. The first-order valence-corrected chi connectivity index (χ1v) is 6.43. The molecule has 0 saturated heterocycles. The van der Waals surface area contributed by atoms with E-state index in [-0.39, 0.29) is 24.7 Å². The topological polar surface area (TPSA) is 46.6 Å². The molecule has 0 unspecified atom stereocenters. The first kappa shape index (κ1) is 14.7. The highest BCUT2D eigenvalue weighted by atomic mass is 16.6. The molecule has 0 aliphatic carbocycles. The number of hydrogen-bond donors (Lipinski definition) is 0. The van der Waals surface area contributed by atoms with Crippen LogP contribution in [0.15, 0.2) is 11.6 Å². The number of carbonyl (C=O) groups is 2. The van der Waals surface area contributed by atoms with Crippen LogP contribution >= 0.6 is 0 Å². The average Bonchev–Trinajstić information content (AvgIpc) is 2.23. The Morgan fingerprint density at radius 3 is 2.56 bits per heavy atom. The molecule has 0 aromatic rings. The fourth-order valence-corrected chi connectivity index (χ4v) is 1.88. The molecule has 0 aromatic heterocycles. The highest BCUT2D eigenvalue weighted by Crippen LogP contribution is 2.13. The minimum Gasteiger partial charge on any atom is -0.460 e. The highest BCUT2D eigenvalue weighted by molar-refractivity contribution is 5.81. The quantitative estimate of drug-likeness (QED) is 0.572. The van der Waals surface area contributed by atoms with Gasteiger partial charge in [0.1, 0.15) is 5.60 Å². The summed E-state index contributed by atoms with van der Waals surface area (Å²) in [5, 5.41) is 0. The van der Waals surface area contributed by atoms with Crippen molar-refractivity contribution >= 4 is 11.9 Å². The molecule has 0 saturated carbocycles. The molecule has 1 aliphatic heterocycles. The largest absolute Gasteiger partial charge is 0.460 e. The molecule has 0 radical (unpaired) electrons. The van der Waals surface area contributed by atoms with E-state index in [2.05, 4.69) is 6.08 Å². The van der Waals surface area contributed by atoms with Crippen LogP contribution in [0, 0.1) is 0 Å². The number of amides is 1. The normalized spacial score (nSPS) is 16.2. The Hall–Kier alpha value is -1.32. The minimum absolute atomic E-state index is 0.0355. The number of ether oxygens (including phenoxy) is 1. The molecular weight excluding hydrogens is 230 g/mol. The van der Waals surface area contributed by atoms with Gasteiger partial charge >= 0.3 is 5.97 Å². The van der Waals surface area contributed by atoms with Crippen molar-refractivity contribution in [1.29, 1.82) is 0 Å². The number of esters is 1. The third kappa shape index (κ3) is 5.34. The average molecular weight is 253 g/mol.